The third kappa shape index (κ3) is 2.96. The number of anilines is 1. The number of aromatic nitrogens is 1. The molecule has 9 nitrogen and oxygen atoms in total. The molecule has 132 valence electrons. The van der Waals surface area contributed by atoms with E-state index in [4.69, 9.17) is 4.42 Å². The van der Waals surface area contributed by atoms with Crippen molar-refractivity contribution in [2.24, 2.45) is 0 Å². The normalized spacial score (nSPS) is 10.7. The molecule has 0 spiro atoms. The van der Waals surface area contributed by atoms with Gasteiger partial charge in [-0.1, -0.05) is 0 Å². The highest BCUT2D eigenvalue weighted by Crippen LogP contribution is 2.31. The monoisotopic (exact) mass is 372 g/mol. The van der Waals surface area contributed by atoms with Crippen molar-refractivity contribution in [1.82, 2.24) is 4.57 Å². The Hall–Kier alpha value is -3.45. The van der Waals surface area contributed by atoms with Crippen molar-refractivity contribution >= 4 is 39.0 Å². The first-order valence-corrected chi connectivity index (χ1v) is 8.21. The summed E-state index contributed by atoms with van der Waals surface area (Å²) in [5, 5.41) is 23.1. The number of hydrogen-bond acceptors (Lipinski definition) is 7. The maximum absolute atomic E-state index is 12.3. The SMILES string of the molecule is Cc1sc(NC(=O)Cn2c(=O)oc3cc([N+](=O)[O-])ccc32)c(C#N)c1C. The summed E-state index contributed by atoms with van der Waals surface area (Å²) >= 11 is 1.28. The van der Waals surface area contributed by atoms with E-state index in [1.165, 1.54) is 23.5 Å². The number of amides is 1. The van der Waals surface area contributed by atoms with Crippen LogP contribution in [0.25, 0.3) is 11.1 Å². The molecule has 0 aliphatic rings. The van der Waals surface area contributed by atoms with Crippen molar-refractivity contribution in [2.45, 2.75) is 20.4 Å². The Morgan fingerprint density at radius 3 is 2.85 bits per heavy atom. The molecule has 1 aromatic carbocycles. The summed E-state index contributed by atoms with van der Waals surface area (Å²) in [5.74, 6) is -1.31. The average molecular weight is 372 g/mol. The van der Waals surface area contributed by atoms with Crippen molar-refractivity contribution in [3.8, 4) is 6.07 Å². The Kier molecular flexibility index (Phi) is 4.31. The van der Waals surface area contributed by atoms with Crippen LogP contribution in [0.3, 0.4) is 0 Å². The lowest BCUT2D eigenvalue weighted by Crippen LogP contribution is -2.24. The Labute approximate surface area is 150 Å². The largest absolute Gasteiger partial charge is 0.420 e. The van der Waals surface area contributed by atoms with Gasteiger partial charge in [0.1, 0.15) is 17.6 Å². The summed E-state index contributed by atoms with van der Waals surface area (Å²) in [7, 11) is 0. The number of carbonyl (C=O) groups excluding carboxylic acids is 1. The lowest BCUT2D eigenvalue weighted by atomic mass is 10.2. The predicted octanol–water partition coefficient (Wildman–Crippen LogP) is 2.69. The molecule has 0 unspecified atom stereocenters. The molecule has 3 aromatic rings. The number of aryl methyl sites for hydroxylation is 1. The van der Waals surface area contributed by atoms with Gasteiger partial charge in [0.15, 0.2) is 5.58 Å². The van der Waals surface area contributed by atoms with Crippen molar-refractivity contribution in [1.29, 1.82) is 5.26 Å². The van der Waals surface area contributed by atoms with Crippen LogP contribution in [-0.2, 0) is 11.3 Å². The van der Waals surface area contributed by atoms with E-state index < -0.39 is 16.6 Å². The highest BCUT2D eigenvalue weighted by atomic mass is 32.1. The number of non-ortho nitro benzene ring substituents is 1. The van der Waals surface area contributed by atoms with E-state index in [2.05, 4.69) is 11.4 Å². The van der Waals surface area contributed by atoms with Gasteiger partial charge in [0.25, 0.3) is 5.69 Å². The minimum Gasteiger partial charge on any atom is -0.407 e. The zero-order chi connectivity index (χ0) is 19.0. The Morgan fingerprint density at radius 1 is 1.46 bits per heavy atom. The summed E-state index contributed by atoms with van der Waals surface area (Å²) < 4.78 is 6.06. The number of carbonyl (C=O) groups is 1. The molecule has 0 aliphatic carbocycles. The second-order valence-corrected chi connectivity index (χ2v) is 6.74. The van der Waals surface area contributed by atoms with Gasteiger partial charge in [-0.2, -0.15) is 5.26 Å². The molecular weight excluding hydrogens is 360 g/mol. The Morgan fingerprint density at radius 2 is 2.19 bits per heavy atom. The van der Waals surface area contributed by atoms with Gasteiger partial charge in [-0.05, 0) is 25.5 Å². The summed E-state index contributed by atoms with van der Waals surface area (Å²) in [4.78, 5) is 35.4. The van der Waals surface area contributed by atoms with E-state index in [1.54, 1.807) is 6.92 Å². The number of thiophene rings is 1. The van der Waals surface area contributed by atoms with Crippen LogP contribution in [0.4, 0.5) is 10.7 Å². The average Bonchev–Trinajstić information content (AvgIpc) is 3.03. The van der Waals surface area contributed by atoms with E-state index >= 15 is 0 Å². The first kappa shape index (κ1) is 17.4. The molecule has 26 heavy (non-hydrogen) atoms. The third-order valence-electron chi connectivity index (χ3n) is 3.91. The molecule has 0 fully saturated rings. The second kappa shape index (κ2) is 6.45. The number of hydrogen-bond donors (Lipinski definition) is 1. The number of nitro groups is 1. The first-order chi connectivity index (χ1) is 12.3. The maximum Gasteiger partial charge on any atom is 0.420 e. The number of nitrogens with zero attached hydrogens (tertiary/aromatic N) is 3. The van der Waals surface area contributed by atoms with Crippen LogP contribution in [0.1, 0.15) is 16.0 Å². The number of oxazole rings is 1. The molecular formula is C16H12N4O5S. The van der Waals surface area contributed by atoms with Crippen LogP contribution >= 0.6 is 11.3 Å². The molecule has 1 N–H and O–H groups in total. The lowest BCUT2D eigenvalue weighted by Gasteiger charge is -2.04. The lowest BCUT2D eigenvalue weighted by molar-refractivity contribution is -0.384. The maximum atomic E-state index is 12.3. The van der Waals surface area contributed by atoms with E-state index in [1.807, 2.05) is 6.92 Å². The number of rotatable bonds is 4. The topological polar surface area (TPSA) is 131 Å². The zero-order valence-corrected chi connectivity index (χ0v) is 14.5. The zero-order valence-electron chi connectivity index (χ0n) is 13.7. The predicted molar refractivity (Wildman–Crippen MR) is 94.3 cm³/mol. The molecule has 0 atom stereocenters. The molecule has 0 aliphatic heterocycles. The number of benzene rings is 1. The van der Waals surface area contributed by atoms with E-state index in [-0.39, 0.29) is 23.3 Å². The van der Waals surface area contributed by atoms with E-state index in [0.717, 1.165) is 21.1 Å². The molecule has 0 saturated carbocycles. The summed E-state index contributed by atoms with van der Waals surface area (Å²) in [6.45, 7) is 3.29. The van der Waals surface area contributed by atoms with Gasteiger partial charge in [-0.25, -0.2) is 4.79 Å². The van der Waals surface area contributed by atoms with Crippen LogP contribution in [0.5, 0.6) is 0 Å². The minimum absolute atomic E-state index is 0.0255. The van der Waals surface area contributed by atoms with Crippen molar-refractivity contribution in [2.75, 3.05) is 5.32 Å². The molecule has 0 bridgehead atoms. The van der Waals surface area contributed by atoms with Crippen LogP contribution in [-0.4, -0.2) is 15.4 Å². The van der Waals surface area contributed by atoms with Crippen LogP contribution in [0, 0.1) is 35.3 Å². The number of nitriles is 1. The number of nitro benzene ring substituents is 1. The van der Waals surface area contributed by atoms with Gasteiger partial charge in [0, 0.05) is 10.9 Å². The second-order valence-electron chi connectivity index (χ2n) is 5.51. The van der Waals surface area contributed by atoms with Gasteiger partial charge >= 0.3 is 5.76 Å². The first-order valence-electron chi connectivity index (χ1n) is 7.39. The quantitative estimate of drug-likeness (QED) is 0.553. The van der Waals surface area contributed by atoms with Gasteiger partial charge in [0.2, 0.25) is 5.91 Å². The Balaban J connectivity index is 1.90. The highest BCUT2D eigenvalue weighted by Gasteiger charge is 2.18. The number of fused-ring (bicyclic) bond motifs is 1. The van der Waals surface area contributed by atoms with Crippen LogP contribution in [0.2, 0.25) is 0 Å². The van der Waals surface area contributed by atoms with E-state index in [9.17, 15) is 25.0 Å². The van der Waals surface area contributed by atoms with Gasteiger partial charge in [-0.3, -0.25) is 19.5 Å². The summed E-state index contributed by atoms with van der Waals surface area (Å²) in [6, 6.07) is 5.76. The Bertz CT molecular complexity index is 1150. The standard InChI is InChI=1S/C16H12N4O5S/c1-8-9(2)26-15(11(8)6-17)18-14(21)7-19-12-4-3-10(20(23)24)5-13(12)25-16(19)22/h3-5H,7H2,1-2H3,(H,18,21). The highest BCUT2D eigenvalue weighted by molar-refractivity contribution is 7.16. The fraction of sp³-hybridized carbons (Fsp3) is 0.188. The summed E-state index contributed by atoms with van der Waals surface area (Å²) in [5.41, 5.74) is 1.27. The molecule has 3 rings (SSSR count). The third-order valence-corrected chi connectivity index (χ3v) is 5.04. The fourth-order valence-corrected chi connectivity index (χ4v) is 3.50. The molecule has 0 saturated heterocycles. The van der Waals surface area contributed by atoms with Gasteiger partial charge in [0.05, 0.1) is 22.1 Å². The van der Waals surface area contributed by atoms with Gasteiger partial charge in [-0.15, -0.1) is 11.3 Å². The summed E-state index contributed by atoms with van der Waals surface area (Å²) in [6.07, 6.45) is 0. The minimum atomic E-state index is -0.797. The van der Waals surface area contributed by atoms with Crippen LogP contribution in [0.15, 0.2) is 27.4 Å². The molecule has 0 radical (unpaired) electrons. The van der Waals surface area contributed by atoms with Crippen molar-refractivity contribution in [3.05, 3.63) is 54.9 Å². The molecule has 1 amide bonds. The van der Waals surface area contributed by atoms with Crippen molar-refractivity contribution < 1.29 is 14.1 Å². The molecule has 2 aromatic heterocycles. The van der Waals surface area contributed by atoms with Crippen molar-refractivity contribution in [3.63, 3.8) is 0 Å². The van der Waals surface area contributed by atoms with Crippen LogP contribution < -0.4 is 11.1 Å². The fourth-order valence-electron chi connectivity index (χ4n) is 2.48. The van der Waals surface area contributed by atoms with Gasteiger partial charge < -0.3 is 9.73 Å². The smallest absolute Gasteiger partial charge is 0.407 e. The number of nitrogens with one attached hydrogen (secondary N) is 1. The van der Waals surface area contributed by atoms with E-state index in [0.29, 0.717) is 10.6 Å². The molecule has 2 heterocycles. The molecule has 10 heteroatoms.